The van der Waals surface area contributed by atoms with Gasteiger partial charge in [-0.15, -0.1) is 11.3 Å². The zero-order valence-corrected chi connectivity index (χ0v) is 35.0. The SMILES string of the molecule is CCCCCCCCC(CCCCCCCC)OC(=O)CCCCC(=O)N1CCc2c(sc(C(C)CC(=O)CCCC)c2C(O)NCCN(C)C)C1.[HH]. The van der Waals surface area contributed by atoms with E-state index in [1.807, 2.05) is 19.0 Å². The number of thiophene rings is 1. The van der Waals surface area contributed by atoms with E-state index in [0.29, 0.717) is 64.6 Å². The number of fused-ring (bicyclic) bond motifs is 1. The van der Waals surface area contributed by atoms with Crippen molar-refractivity contribution in [2.75, 3.05) is 33.7 Å². The number of nitrogens with one attached hydrogen (secondary N) is 1. The lowest BCUT2D eigenvalue weighted by Gasteiger charge is -2.28. The Labute approximate surface area is 323 Å². The van der Waals surface area contributed by atoms with Crippen molar-refractivity contribution in [1.82, 2.24) is 15.1 Å². The molecule has 2 atom stereocenters. The minimum atomic E-state index is -0.804. The Morgan fingerprint density at radius 2 is 1.44 bits per heavy atom. The molecular weight excluding hydrogens is 671 g/mol. The van der Waals surface area contributed by atoms with E-state index in [1.165, 1.54) is 64.2 Å². The van der Waals surface area contributed by atoms with Crippen LogP contribution in [-0.4, -0.2) is 72.4 Å². The summed E-state index contributed by atoms with van der Waals surface area (Å²) in [7, 11) is 4.02. The molecule has 1 amide bonds. The van der Waals surface area contributed by atoms with E-state index in [1.54, 1.807) is 11.3 Å². The number of carbonyl (C=O) groups is 3. The van der Waals surface area contributed by atoms with Crippen LogP contribution < -0.4 is 5.32 Å². The molecule has 1 aliphatic rings. The van der Waals surface area contributed by atoms with E-state index in [-0.39, 0.29) is 31.1 Å². The summed E-state index contributed by atoms with van der Waals surface area (Å²) < 4.78 is 6.02. The first-order chi connectivity index (χ1) is 25.1. The molecule has 302 valence electrons. The molecule has 0 bridgehead atoms. The lowest BCUT2D eigenvalue weighted by atomic mass is 9.93. The maximum Gasteiger partial charge on any atom is 0.306 e. The van der Waals surface area contributed by atoms with Crippen LogP contribution in [0.4, 0.5) is 0 Å². The summed E-state index contributed by atoms with van der Waals surface area (Å²) in [4.78, 5) is 45.2. The van der Waals surface area contributed by atoms with Crippen molar-refractivity contribution in [2.24, 2.45) is 0 Å². The number of Topliss-reactive ketones (excluding diaryl/α,β-unsaturated/α-hetero) is 1. The number of likely N-dealkylation sites (N-methyl/N-ethyl adjacent to an activating group) is 1. The molecule has 1 aromatic heterocycles. The zero-order chi connectivity index (χ0) is 38.1. The van der Waals surface area contributed by atoms with Crippen LogP contribution >= 0.6 is 11.3 Å². The third-order valence-electron chi connectivity index (χ3n) is 10.5. The van der Waals surface area contributed by atoms with Crippen LogP contribution in [0.5, 0.6) is 0 Å². The van der Waals surface area contributed by atoms with Crippen molar-refractivity contribution < 1.29 is 25.7 Å². The lowest BCUT2D eigenvalue weighted by Crippen LogP contribution is -2.36. The lowest BCUT2D eigenvalue weighted by molar-refractivity contribution is -0.150. The number of aliphatic hydroxyl groups excluding tert-OH is 1. The van der Waals surface area contributed by atoms with Crippen molar-refractivity contribution >= 4 is 29.0 Å². The second-order valence-corrected chi connectivity index (χ2v) is 16.8. The Kier molecular flexibility index (Phi) is 24.7. The number of amides is 1. The molecule has 0 spiro atoms. The number of ketones is 1. The third-order valence-corrected chi connectivity index (χ3v) is 12.0. The molecule has 1 aromatic rings. The van der Waals surface area contributed by atoms with E-state index in [2.05, 4.69) is 37.9 Å². The maximum atomic E-state index is 13.4. The molecule has 0 aliphatic carbocycles. The van der Waals surface area contributed by atoms with Crippen molar-refractivity contribution in [1.29, 1.82) is 0 Å². The van der Waals surface area contributed by atoms with Crippen LogP contribution in [-0.2, 0) is 32.1 Å². The molecule has 2 unspecified atom stereocenters. The molecule has 0 fully saturated rings. The van der Waals surface area contributed by atoms with Gasteiger partial charge in [-0.1, -0.05) is 98.3 Å². The molecule has 8 nitrogen and oxygen atoms in total. The van der Waals surface area contributed by atoms with Crippen molar-refractivity contribution in [3.05, 3.63) is 20.9 Å². The fourth-order valence-corrected chi connectivity index (χ4v) is 8.73. The summed E-state index contributed by atoms with van der Waals surface area (Å²) in [5, 5.41) is 14.6. The molecule has 0 saturated heterocycles. The molecule has 1 aliphatic heterocycles. The minimum absolute atomic E-state index is 0. The average molecular weight is 750 g/mol. The minimum Gasteiger partial charge on any atom is -0.462 e. The van der Waals surface area contributed by atoms with Crippen LogP contribution in [0.25, 0.3) is 0 Å². The van der Waals surface area contributed by atoms with Gasteiger partial charge in [-0.25, -0.2) is 0 Å². The van der Waals surface area contributed by atoms with Crippen LogP contribution in [0.15, 0.2) is 0 Å². The van der Waals surface area contributed by atoms with Crippen LogP contribution in [0.2, 0.25) is 0 Å². The van der Waals surface area contributed by atoms with Gasteiger partial charge in [-0.05, 0) is 76.9 Å². The number of unbranched alkanes of at least 4 members (excludes halogenated alkanes) is 12. The molecule has 2 N–H and O–H groups in total. The monoisotopic (exact) mass is 750 g/mol. The second-order valence-electron chi connectivity index (χ2n) is 15.7. The molecule has 0 aromatic carbocycles. The van der Waals surface area contributed by atoms with Gasteiger partial charge in [0.05, 0.1) is 6.54 Å². The van der Waals surface area contributed by atoms with Gasteiger partial charge >= 0.3 is 5.97 Å². The molecule has 0 radical (unpaired) electrons. The predicted molar refractivity (Wildman–Crippen MR) is 219 cm³/mol. The van der Waals surface area contributed by atoms with Gasteiger partial charge in [0.15, 0.2) is 0 Å². The topological polar surface area (TPSA) is 99.2 Å². The van der Waals surface area contributed by atoms with Gasteiger partial charge in [-0.2, -0.15) is 0 Å². The average Bonchev–Trinajstić information content (AvgIpc) is 3.51. The molecular formula is C43H79N3O5S. The maximum absolute atomic E-state index is 13.4. The van der Waals surface area contributed by atoms with E-state index in [4.69, 9.17) is 4.74 Å². The van der Waals surface area contributed by atoms with Gasteiger partial charge in [0.25, 0.3) is 0 Å². The standard InChI is InChI=1S/C43H77N3O5S.H2/c1-7-10-13-15-17-19-24-36(25-20-18-16-14-11-8-2)51-40(49)27-22-21-26-39(48)46-30-28-37-38(33-46)52-42(34(4)32-35(47)23-12-9-3)41(37)43(50)44-29-31-45(5)6;/h34,36,43-44,50H,7-33H2,1-6H3;1H. The highest BCUT2D eigenvalue weighted by molar-refractivity contribution is 7.12. The molecule has 2 rings (SSSR count). The molecule has 0 saturated carbocycles. The summed E-state index contributed by atoms with van der Waals surface area (Å²) in [6.45, 7) is 11.3. The van der Waals surface area contributed by atoms with Gasteiger partial charge in [-0.3, -0.25) is 19.7 Å². The Hall–Kier alpha value is -1.81. The first-order valence-electron chi connectivity index (χ1n) is 21.3. The number of carbonyl (C=O) groups excluding carboxylic acids is 3. The van der Waals surface area contributed by atoms with Crippen LogP contribution in [0.1, 0.15) is 203 Å². The number of rotatable bonds is 31. The predicted octanol–water partition coefficient (Wildman–Crippen LogP) is 10.2. The number of ether oxygens (including phenoxy) is 1. The Morgan fingerprint density at radius 1 is 0.846 bits per heavy atom. The summed E-state index contributed by atoms with van der Waals surface area (Å²) in [6.07, 6.45) is 21.8. The normalized spacial score (nSPS) is 14.2. The van der Waals surface area contributed by atoms with E-state index in [9.17, 15) is 19.5 Å². The van der Waals surface area contributed by atoms with E-state index < -0.39 is 6.23 Å². The Balaban J connectivity index is 0.0000140. The number of esters is 1. The second kappa shape index (κ2) is 27.7. The first-order valence-corrected chi connectivity index (χ1v) is 22.1. The summed E-state index contributed by atoms with van der Waals surface area (Å²) in [5.41, 5.74) is 2.06. The fourth-order valence-electron chi connectivity index (χ4n) is 7.28. The van der Waals surface area contributed by atoms with Crippen LogP contribution in [0.3, 0.4) is 0 Å². The van der Waals surface area contributed by atoms with Gasteiger partial charge in [0.1, 0.15) is 18.1 Å². The zero-order valence-electron chi connectivity index (χ0n) is 34.2. The number of nitrogens with zero attached hydrogens (tertiary/aromatic N) is 2. The smallest absolute Gasteiger partial charge is 0.306 e. The number of hydrogen-bond donors (Lipinski definition) is 2. The third kappa shape index (κ3) is 18.5. The number of hydrogen-bond acceptors (Lipinski definition) is 8. The van der Waals surface area contributed by atoms with Gasteiger partial charge < -0.3 is 19.6 Å². The van der Waals surface area contributed by atoms with Crippen molar-refractivity contribution in [3.63, 3.8) is 0 Å². The first kappa shape index (κ1) is 46.3. The van der Waals surface area contributed by atoms with E-state index in [0.717, 1.165) is 66.0 Å². The Morgan fingerprint density at radius 3 is 2.06 bits per heavy atom. The summed E-state index contributed by atoms with van der Waals surface area (Å²) in [6, 6.07) is 0. The molecule has 9 heteroatoms. The van der Waals surface area contributed by atoms with Gasteiger partial charge in [0.2, 0.25) is 5.91 Å². The molecule has 52 heavy (non-hydrogen) atoms. The quantitative estimate of drug-likeness (QED) is 0.0443. The largest absolute Gasteiger partial charge is 0.462 e. The van der Waals surface area contributed by atoms with Crippen molar-refractivity contribution in [3.8, 4) is 0 Å². The fraction of sp³-hybridized carbons (Fsp3) is 0.837. The van der Waals surface area contributed by atoms with Crippen molar-refractivity contribution in [2.45, 2.75) is 200 Å². The van der Waals surface area contributed by atoms with Crippen LogP contribution in [0, 0.1) is 0 Å². The highest BCUT2D eigenvalue weighted by Crippen LogP contribution is 2.41. The highest BCUT2D eigenvalue weighted by atomic mass is 32.1. The van der Waals surface area contributed by atoms with E-state index >= 15 is 0 Å². The summed E-state index contributed by atoms with van der Waals surface area (Å²) in [5.74, 6) is 0.289. The van der Waals surface area contributed by atoms with Gasteiger partial charge in [0, 0.05) is 62.1 Å². The summed E-state index contributed by atoms with van der Waals surface area (Å²) >= 11 is 1.67. The molecule has 2 heterocycles. The Bertz CT molecular complexity index is 1130. The highest BCUT2D eigenvalue weighted by Gasteiger charge is 2.31. The number of aliphatic hydroxyl groups is 1.